The van der Waals surface area contributed by atoms with Crippen LogP contribution in [0.5, 0.6) is 5.88 Å². The summed E-state index contributed by atoms with van der Waals surface area (Å²) >= 11 is 6.50. The summed E-state index contributed by atoms with van der Waals surface area (Å²) in [5.74, 6) is -2.80. The van der Waals surface area contributed by atoms with Gasteiger partial charge in [0.15, 0.2) is 12.2 Å². The summed E-state index contributed by atoms with van der Waals surface area (Å²) in [5.41, 5.74) is 4.94. The molecule has 1 fully saturated rings. The first-order valence-corrected chi connectivity index (χ1v) is 12.8. The number of halogens is 1. The van der Waals surface area contributed by atoms with Crippen LogP contribution in [0.15, 0.2) is 30.5 Å². The first kappa shape index (κ1) is 28.6. The minimum Gasteiger partial charge on any atom is -0.479 e. The number of hydrogen-bond donors (Lipinski definition) is 6. The van der Waals surface area contributed by atoms with E-state index >= 15 is 0 Å². The fourth-order valence-electron chi connectivity index (χ4n) is 4.33. The summed E-state index contributed by atoms with van der Waals surface area (Å²) in [6.07, 6.45) is 5.93. The Balaban J connectivity index is 0.000000325. The molecule has 2 aromatic rings. The van der Waals surface area contributed by atoms with E-state index in [9.17, 15) is 9.59 Å². The fourth-order valence-corrected chi connectivity index (χ4v) is 4.58. The lowest BCUT2D eigenvalue weighted by Crippen LogP contribution is -2.39. The van der Waals surface area contributed by atoms with Crippen molar-refractivity contribution in [1.82, 2.24) is 10.3 Å². The van der Waals surface area contributed by atoms with Gasteiger partial charge >= 0.3 is 11.9 Å². The van der Waals surface area contributed by atoms with E-state index in [4.69, 9.17) is 36.8 Å². The normalized spacial score (nSPS) is 17.3. The van der Waals surface area contributed by atoms with Gasteiger partial charge in [-0.2, -0.15) is 0 Å². The van der Waals surface area contributed by atoms with Crippen LogP contribution in [0.25, 0.3) is 0 Å². The highest BCUT2D eigenvalue weighted by Crippen LogP contribution is 2.31. The van der Waals surface area contributed by atoms with Crippen molar-refractivity contribution in [1.29, 1.82) is 0 Å². The second-order valence-electron chi connectivity index (χ2n) is 9.11. The molecule has 202 valence electrons. The van der Waals surface area contributed by atoms with Crippen LogP contribution in [0, 0.1) is 0 Å². The molecule has 2 aliphatic rings. The SMILES string of the molecule is Clc1ccc2c(c1NCc1ccc(OC3CCCCC3)nc1)CCNCC2.O=C(O)[C@H](O)[C@@H](O)C(=O)O. The Hall–Kier alpha value is -2.92. The molecule has 1 aromatic carbocycles. The van der Waals surface area contributed by atoms with Crippen molar-refractivity contribution in [2.24, 2.45) is 0 Å². The van der Waals surface area contributed by atoms with Gasteiger partial charge in [0, 0.05) is 18.8 Å². The van der Waals surface area contributed by atoms with Gasteiger partial charge in [-0.1, -0.05) is 30.2 Å². The van der Waals surface area contributed by atoms with Gasteiger partial charge in [-0.15, -0.1) is 0 Å². The van der Waals surface area contributed by atoms with Gasteiger partial charge in [-0.25, -0.2) is 14.6 Å². The molecule has 0 saturated heterocycles. The molecule has 1 aromatic heterocycles. The molecular weight excluding hydrogens is 502 g/mol. The van der Waals surface area contributed by atoms with Gasteiger partial charge in [0.05, 0.1) is 10.7 Å². The van der Waals surface area contributed by atoms with Crippen LogP contribution in [-0.4, -0.2) is 68.8 Å². The van der Waals surface area contributed by atoms with E-state index in [1.54, 1.807) is 0 Å². The van der Waals surface area contributed by atoms with Crippen molar-refractivity contribution in [2.45, 2.75) is 69.8 Å². The average Bonchev–Trinajstić information content (AvgIpc) is 3.15. The van der Waals surface area contributed by atoms with Crippen molar-refractivity contribution in [2.75, 3.05) is 18.4 Å². The number of nitrogens with one attached hydrogen (secondary N) is 2. The molecule has 0 unspecified atom stereocenters. The van der Waals surface area contributed by atoms with Gasteiger partial charge in [-0.3, -0.25) is 0 Å². The molecule has 6 N–H and O–H groups in total. The molecule has 4 rings (SSSR count). The molecule has 0 radical (unpaired) electrons. The van der Waals surface area contributed by atoms with E-state index < -0.39 is 24.1 Å². The number of pyridine rings is 1. The first-order chi connectivity index (χ1) is 17.8. The zero-order valence-corrected chi connectivity index (χ0v) is 21.3. The Kier molecular flexibility index (Phi) is 10.9. The molecule has 2 heterocycles. The fraction of sp³-hybridized carbons (Fsp3) is 0.500. The number of benzene rings is 1. The van der Waals surface area contributed by atoms with Crippen LogP contribution in [0.4, 0.5) is 5.69 Å². The van der Waals surface area contributed by atoms with Crippen LogP contribution < -0.4 is 15.4 Å². The van der Waals surface area contributed by atoms with Crippen molar-refractivity contribution in [3.05, 3.63) is 52.2 Å². The maximum atomic E-state index is 9.77. The van der Waals surface area contributed by atoms with Gasteiger partial charge in [0.1, 0.15) is 6.10 Å². The zero-order chi connectivity index (χ0) is 26.8. The van der Waals surface area contributed by atoms with Gasteiger partial charge in [0.2, 0.25) is 5.88 Å². The third-order valence-electron chi connectivity index (χ3n) is 6.39. The van der Waals surface area contributed by atoms with E-state index in [0.717, 1.165) is 60.9 Å². The third-order valence-corrected chi connectivity index (χ3v) is 6.71. The maximum Gasteiger partial charge on any atom is 0.335 e. The topological polar surface area (TPSA) is 161 Å². The van der Waals surface area contributed by atoms with Gasteiger partial charge < -0.3 is 35.8 Å². The number of carboxylic acids is 2. The Morgan fingerprint density at radius 3 is 2.32 bits per heavy atom. The Labute approximate surface area is 220 Å². The van der Waals surface area contributed by atoms with E-state index in [0.29, 0.717) is 12.6 Å². The third kappa shape index (κ3) is 8.57. The summed E-state index contributed by atoms with van der Waals surface area (Å²) in [6, 6.07) is 8.25. The highest BCUT2D eigenvalue weighted by atomic mass is 35.5. The van der Waals surface area contributed by atoms with Crippen molar-refractivity contribution >= 4 is 29.2 Å². The van der Waals surface area contributed by atoms with E-state index in [1.807, 2.05) is 18.3 Å². The van der Waals surface area contributed by atoms with Crippen molar-refractivity contribution in [3.8, 4) is 5.88 Å². The Morgan fingerprint density at radius 2 is 1.70 bits per heavy atom. The van der Waals surface area contributed by atoms with E-state index in [2.05, 4.69) is 27.8 Å². The van der Waals surface area contributed by atoms with Crippen molar-refractivity contribution < 1.29 is 34.8 Å². The number of carbonyl (C=O) groups is 2. The monoisotopic (exact) mass is 535 g/mol. The average molecular weight is 536 g/mol. The predicted molar refractivity (Wildman–Crippen MR) is 138 cm³/mol. The Bertz CT molecular complexity index is 1030. The van der Waals surface area contributed by atoms with Crippen LogP contribution >= 0.6 is 11.6 Å². The number of ether oxygens (including phenoxy) is 1. The van der Waals surface area contributed by atoms with Gasteiger partial charge in [-0.05, 0) is 74.4 Å². The number of anilines is 1. The van der Waals surface area contributed by atoms with Gasteiger partial charge in [0.25, 0.3) is 0 Å². The molecule has 1 aliphatic heterocycles. The number of hydrogen-bond acceptors (Lipinski definition) is 8. The Morgan fingerprint density at radius 1 is 1.03 bits per heavy atom. The number of nitrogens with zero attached hydrogens (tertiary/aromatic N) is 1. The van der Waals surface area contributed by atoms with Crippen molar-refractivity contribution in [3.63, 3.8) is 0 Å². The molecule has 2 atom stereocenters. The molecule has 37 heavy (non-hydrogen) atoms. The molecule has 1 saturated carbocycles. The lowest BCUT2D eigenvalue weighted by molar-refractivity contribution is -0.165. The maximum absolute atomic E-state index is 9.77. The largest absolute Gasteiger partial charge is 0.479 e. The number of aromatic nitrogens is 1. The number of carboxylic acid groups (broad SMARTS) is 2. The van der Waals surface area contributed by atoms with Crippen LogP contribution in [0.3, 0.4) is 0 Å². The number of aliphatic carboxylic acids is 2. The molecule has 0 bridgehead atoms. The quantitative estimate of drug-likeness (QED) is 0.296. The molecule has 10 nitrogen and oxygen atoms in total. The second kappa shape index (κ2) is 14.1. The number of rotatable bonds is 8. The van der Waals surface area contributed by atoms with Crippen LogP contribution in [0.1, 0.15) is 48.8 Å². The summed E-state index contributed by atoms with van der Waals surface area (Å²) < 4.78 is 6.02. The summed E-state index contributed by atoms with van der Waals surface area (Å²) in [6.45, 7) is 2.73. The number of fused-ring (bicyclic) bond motifs is 1. The number of aliphatic hydroxyl groups excluding tert-OH is 2. The highest BCUT2D eigenvalue weighted by molar-refractivity contribution is 6.33. The van der Waals surface area contributed by atoms with E-state index in [1.165, 1.54) is 30.4 Å². The lowest BCUT2D eigenvalue weighted by Gasteiger charge is -2.22. The lowest BCUT2D eigenvalue weighted by atomic mass is 9.98. The second-order valence-corrected chi connectivity index (χ2v) is 9.52. The minimum absolute atomic E-state index is 0.336. The molecule has 1 aliphatic carbocycles. The predicted octanol–water partition coefficient (Wildman–Crippen LogP) is 2.62. The molecular formula is C26H34ClN3O7. The molecule has 0 amide bonds. The smallest absolute Gasteiger partial charge is 0.335 e. The van der Waals surface area contributed by atoms with E-state index in [-0.39, 0.29) is 0 Å². The summed E-state index contributed by atoms with van der Waals surface area (Å²) in [5, 5.41) is 40.3. The summed E-state index contributed by atoms with van der Waals surface area (Å²) in [7, 11) is 0. The standard InChI is InChI=1S/C22H28ClN3O.C4H6O6/c23-20-8-7-17-10-12-24-13-11-19(17)22(20)26-15-16-6-9-21(25-14-16)27-18-4-2-1-3-5-18;5-1(3(7)8)2(6)4(9)10/h6-9,14,18,24,26H,1-5,10-13,15H2;1-2,5-6H,(H,7,8)(H,9,10)/t;1-,2-/m.1/s1. The highest BCUT2D eigenvalue weighted by Gasteiger charge is 2.29. The summed E-state index contributed by atoms with van der Waals surface area (Å²) in [4.78, 5) is 24.0. The zero-order valence-electron chi connectivity index (χ0n) is 20.5. The molecule has 11 heteroatoms. The minimum atomic E-state index is -2.27. The number of aliphatic hydroxyl groups is 2. The first-order valence-electron chi connectivity index (χ1n) is 12.4. The molecule has 0 spiro atoms. The van der Waals surface area contributed by atoms with Crippen LogP contribution in [-0.2, 0) is 29.0 Å². The van der Waals surface area contributed by atoms with Crippen LogP contribution in [0.2, 0.25) is 5.02 Å².